The van der Waals surface area contributed by atoms with E-state index in [2.05, 4.69) is 22.2 Å². The number of hydrogen-bond acceptors (Lipinski definition) is 5. The Hall–Kier alpha value is -3.15. The van der Waals surface area contributed by atoms with Gasteiger partial charge in [0.05, 0.1) is 18.4 Å². The maximum atomic E-state index is 12.4. The number of nitrogens with zero attached hydrogens (tertiary/aromatic N) is 1. The smallest absolute Gasteiger partial charge is 0.339 e. The first-order chi connectivity index (χ1) is 11.2. The molecule has 0 spiro atoms. The number of carbonyl (C=O) groups excluding carboxylic acids is 2. The summed E-state index contributed by atoms with van der Waals surface area (Å²) in [5.74, 6) is -0.284. The zero-order valence-corrected chi connectivity index (χ0v) is 12.7. The standard InChI is InChI=1S/C17H17N3O3/c1-3-9-18-15-11-12(8-10-19-15)16(21)20-14-7-5-4-6-13(14)17(22)23-2/h3-8,10-11H,1,9H2,2H3,(H,18,19)(H,20,21). The van der Waals surface area contributed by atoms with Gasteiger partial charge in [-0.15, -0.1) is 6.58 Å². The van der Waals surface area contributed by atoms with Crippen LogP contribution in [-0.4, -0.2) is 30.5 Å². The minimum absolute atomic E-state index is 0.294. The van der Waals surface area contributed by atoms with E-state index < -0.39 is 5.97 Å². The monoisotopic (exact) mass is 311 g/mol. The number of ether oxygens (including phenoxy) is 1. The number of hydrogen-bond donors (Lipinski definition) is 2. The highest BCUT2D eigenvalue weighted by molar-refractivity contribution is 6.08. The van der Waals surface area contributed by atoms with E-state index in [-0.39, 0.29) is 5.91 Å². The van der Waals surface area contributed by atoms with Gasteiger partial charge in [0.15, 0.2) is 0 Å². The Morgan fingerprint density at radius 1 is 1.30 bits per heavy atom. The van der Waals surface area contributed by atoms with Crippen LogP contribution in [0.1, 0.15) is 20.7 Å². The van der Waals surface area contributed by atoms with Crippen molar-refractivity contribution in [2.75, 3.05) is 24.3 Å². The molecule has 0 bridgehead atoms. The summed E-state index contributed by atoms with van der Waals surface area (Å²) in [6, 6.07) is 9.87. The van der Waals surface area contributed by atoms with Crippen LogP contribution in [0.4, 0.5) is 11.5 Å². The van der Waals surface area contributed by atoms with Gasteiger partial charge in [0.2, 0.25) is 0 Å². The third-order valence-electron chi connectivity index (χ3n) is 3.03. The molecule has 1 aromatic heterocycles. The molecule has 0 unspecified atom stereocenters. The fourth-order valence-corrected chi connectivity index (χ4v) is 1.92. The molecular formula is C17H17N3O3. The van der Waals surface area contributed by atoms with Crippen molar-refractivity contribution >= 4 is 23.4 Å². The van der Waals surface area contributed by atoms with Crippen molar-refractivity contribution < 1.29 is 14.3 Å². The van der Waals surface area contributed by atoms with Gasteiger partial charge in [-0.3, -0.25) is 4.79 Å². The molecular weight excluding hydrogens is 294 g/mol. The van der Waals surface area contributed by atoms with Crippen LogP contribution in [-0.2, 0) is 4.74 Å². The van der Waals surface area contributed by atoms with E-state index in [0.717, 1.165) is 0 Å². The number of para-hydroxylation sites is 1. The zero-order chi connectivity index (χ0) is 16.7. The van der Waals surface area contributed by atoms with Crippen LogP contribution < -0.4 is 10.6 Å². The van der Waals surface area contributed by atoms with Crippen molar-refractivity contribution in [1.82, 2.24) is 4.98 Å². The number of methoxy groups -OCH3 is 1. The first-order valence-electron chi connectivity index (χ1n) is 6.95. The molecule has 0 aliphatic heterocycles. The molecule has 1 heterocycles. The highest BCUT2D eigenvalue weighted by Gasteiger charge is 2.14. The number of nitrogens with one attached hydrogen (secondary N) is 2. The molecule has 0 aliphatic rings. The van der Waals surface area contributed by atoms with Crippen LogP contribution in [0.15, 0.2) is 55.3 Å². The van der Waals surface area contributed by atoms with Crippen molar-refractivity contribution in [2.45, 2.75) is 0 Å². The van der Waals surface area contributed by atoms with Crippen molar-refractivity contribution in [2.24, 2.45) is 0 Å². The van der Waals surface area contributed by atoms with Crippen LogP contribution in [0.2, 0.25) is 0 Å². The summed E-state index contributed by atoms with van der Waals surface area (Å²) in [7, 11) is 1.29. The number of aromatic nitrogens is 1. The van der Waals surface area contributed by atoms with E-state index in [1.54, 1.807) is 42.5 Å². The van der Waals surface area contributed by atoms with Crippen LogP contribution in [0, 0.1) is 0 Å². The molecule has 6 heteroatoms. The van der Waals surface area contributed by atoms with E-state index in [4.69, 9.17) is 4.74 Å². The lowest BCUT2D eigenvalue weighted by Crippen LogP contribution is -2.16. The SMILES string of the molecule is C=CCNc1cc(C(=O)Nc2ccccc2C(=O)OC)ccn1. The molecule has 1 aromatic carbocycles. The second-order valence-electron chi connectivity index (χ2n) is 4.59. The Morgan fingerprint density at radius 2 is 2.09 bits per heavy atom. The lowest BCUT2D eigenvalue weighted by atomic mass is 10.1. The lowest BCUT2D eigenvalue weighted by molar-refractivity contribution is 0.0602. The minimum atomic E-state index is -0.510. The first kappa shape index (κ1) is 16.2. The third kappa shape index (κ3) is 4.16. The van der Waals surface area contributed by atoms with E-state index in [0.29, 0.717) is 29.2 Å². The van der Waals surface area contributed by atoms with Crippen molar-refractivity contribution in [1.29, 1.82) is 0 Å². The molecule has 1 amide bonds. The van der Waals surface area contributed by atoms with Crippen LogP contribution in [0.25, 0.3) is 0 Å². The maximum Gasteiger partial charge on any atom is 0.339 e. The van der Waals surface area contributed by atoms with E-state index in [1.807, 2.05) is 0 Å². The number of anilines is 2. The van der Waals surface area contributed by atoms with Crippen LogP contribution in [0.5, 0.6) is 0 Å². The van der Waals surface area contributed by atoms with E-state index in [9.17, 15) is 9.59 Å². The van der Waals surface area contributed by atoms with E-state index >= 15 is 0 Å². The number of rotatable bonds is 6. The second kappa shape index (κ2) is 7.74. The molecule has 6 nitrogen and oxygen atoms in total. The van der Waals surface area contributed by atoms with Gasteiger partial charge in [0, 0.05) is 18.3 Å². The average molecular weight is 311 g/mol. The Balaban J connectivity index is 2.19. The summed E-state index contributed by atoms with van der Waals surface area (Å²) in [6.07, 6.45) is 3.23. The average Bonchev–Trinajstić information content (AvgIpc) is 2.60. The molecule has 23 heavy (non-hydrogen) atoms. The lowest BCUT2D eigenvalue weighted by Gasteiger charge is -2.10. The highest BCUT2D eigenvalue weighted by Crippen LogP contribution is 2.17. The van der Waals surface area contributed by atoms with Crippen LogP contribution in [0.3, 0.4) is 0 Å². The van der Waals surface area contributed by atoms with Gasteiger partial charge in [-0.05, 0) is 24.3 Å². The van der Waals surface area contributed by atoms with Crippen molar-refractivity contribution in [3.05, 3.63) is 66.4 Å². The quantitative estimate of drug-likeness (QED) is 0.633. The third-order valence-corrected chi connectivity index (χ3v) is 3.03. The van der Waals surface area contributed by atoms with Gasteiger partial charge >= 0.3 is 5.97 Å². The molecule has 2 aromatic rings. The van der Waals surface area contributed by atoms with Crippen molar-refractivity contribution in [3.63, 3.8) is 0 Å². The highest BCUT2D eigenvalue weighted by atomic mass is 16.5. The Labute approximate surface area is 134 Å². The molecule has 0 atom stereocenters. The predicted octanol–water partition coefficient (Wildman–Crippen LogP) is 2.72. The summed E-state index contributed by atoms with van der Waals surface area (Å²) in [5, 5.41) is 5.72. The molecule has 118 valence electrons. The normalized spacial score (nSPS) is 9.78. The fraction of sp³-hybridized carbons (Fsp3) is 0.118. The second-order valence-corrected chi connectivity index (χ2v) is 4.59. The number of esters is 1. The molecule has 0 saturated carbocycles. The first-order valence-corrected chi connectivity index (χ1v) is 6.95. The molecule has 0 aliphatic carbocycles. The number of benzene rings is 1. The largest absolute Gasteiger partial charge is 0.465 e. The van der Waals surface area contributed by atoms with Crippen molar-refractivity contribution in [3.8, 4) is 0 Å². The topological polar surface area (TPSA) is 80.3 Å². The Morgan fingerprint density at radius 3 is 2.83 bits per heavy atom. The summed E-state index contributed by atoms with van der Waals surface area (Å²) in [6.45, 7) is 4.15. The molecule has 0 saturated heterocycles. The molecule has 0 fully saturated rings. The summed E-state index contributed by atoms with van der Waals surface area (Å²) in [4.78, 5) is 28.2. The van der Waals surface area contributed by atoms with Gasteiger partial charge in [0.25, 0.3) is 5.91 Å². The van der Waals surface area contributed by atoms with Gasteiger partial charge in [-0.25, -0.2) is 9.78 Å². The fourth-order valence-electron chi connectivity index (χ4n) is 1.92. The Bertz CT molecular complexity index is 729. The maximum absolute atomic E-state index is 12.4. The Kier molecular flexibility index (Phi) is 5.46. The van der Waals surface area contributed by atoms with E-state index in [1.165, 1.54) is 13.3 Å². The van der Waals surface area contributed by atoms with Gasteiger partial charge in [0.1, 0.15) is 5.82 Å². The number of pyridine rings is 1. The summed E-state index contributed by atoms with van der Waals surface area (Å²) < 4.78 is 4.71. The van der Waals surface area contributed by atoms with Crippen LogP contribution >= 0.6 is 0 Å². The minimum Gasteiger partial charge on any atom is -0.465 e. The zero-order valence-electron chi connectivity index (χ0n) is 12.7. The number of amides is 1. The summed E-state index contributed by atoms with van der Waals surface area (Å²) in [5.41, 5.74) is 1.11. The molecule has 0 radical (unpaired) electrons. The predicted molar refractivity (Wildman–Crippen MR) is 88.7 cm³/mol. The molecule has 2 N–H and O–H groups in total. The van der Waals surface area contributed by atoms with Gasteiger partial charge in [-0.2, -0.15) is 0 Å². The molecule has 2 rings (SSSR count). The summed E-state index contributed by atoms with van der Waals surface area (Å²) >= 11 is 0. The van der Waals surface area contributed by atoms with Gasteiger partial charge < -0.3 is 15.4 Å². The van der Waals surface area contributed by atoms with Gasteiger partial charge in [-0.1, -0.05) is 18.2 Å². The number of carbonyl (C=O) groups is 2.